The fraction of sp³-hybridized carbons (Fsp3) is 0.568. The number of carbonyl (C=O) groups excluding carboxylic acids is 4. The largest absolute Gasteiger partial charge is 0.465 e. The Morgan fingerprint density at radius 1 is 0.745 bits per heavy atom. The van der Waals surface area contributed by atoms with Crippen LogP contribution in [-0.4, -0.2) is 54.0 Å². The maximum Gasteiger partial charge on any atom is 0.302 e. The van der Waals surface area contributed by atoms with Gasteiger partial charge in [0.15, 0.2) is 5.78 Å². The summed E-state index contributed by atoms with van der Waals surface area (Å²) in [7, 11) is 0. The first kappa shape index (κ1) is 41.4. The summed E-state index contributed by atoms with van der Waals surface area (Å²) in [6, 6.07) is 15.3. The SMILES string of the molecule is CC(=O)OCC1c2ccccc2-c2ccccc21.CC(C)(C)[C@H](N)C(N)=O.C[C@@H](OC(C)(C)C)[C@H](N)C(=O)C[C@H](C(N)=O)C(C)(C)C. The molecule has 10 nitrogen and oxygen atoms in total. The minimum absolute atomic E-state index is 0.0534. The normalized spacial score (nSPS) is 15.3. The molecule has 8 N–H and O–H groups in total. The summed E-state index contributed by atoms with van der Waals surface area (Å²) in [5, 5.41) is 0. The highest BCUT2D eigenvalue weighted by atomic mass is 16.5. The molecule has 0 unspecified atom stereocenters. The van der Waals surface area contributed by atoms with Crippen molar-refractivity contribution >= 4 is 23.6 Å². The number of benzene rings is 2. The number of ketones is 1. The van der Waals surface area contributed by atoms with Crippen molar-refractivity contribution in [3.63, 3.8) is 0 Å². The van der Waals surface area contributed by atoms with Gasteiger partial charge in [-0.15, -0.1) is 0 Å². The standard InChI is InChI=1S/C16H14O2.C15H30N2O3.C6H14N2O/c1-11(17)18-10-16-14-8-4-2-6-12(14)13-7-3-5-9-15(13)16;1-9(20-15(5,6)7)12(16)11(18)8-10(13(17)19)14(2,3)4;1-6(2,3)4(7)5(8)9/h2-9,16H,10H2,1H3;9-10,12H,8,16H2,1-7H3,(H2,17,19);4H,7H2,1-3H3,(H2,8,9)/t;9-,10-,12+;4-/m.11/s1. The number of esters is 1. The Bertz CT molecular complexity index is 1320. The van der Waals surface area contributed by atoms with Gasteiger partial charge in [-0.1, -0.05) is 90.1 Å². The molecule has 1 aliphatic carbocycles. The van der Waals surface area contributed by atoms with Crippen molar-refractivity contribution in [1.29, 1.82) is 0 Å². The maximum atomic E-state index is 12.2. The van der Waals surface area contributed by atoms with Crippen LogP contribution in [0.1, 0.15) is 99.6 Å². The van der Waals surface area contributed by atoms with Crippen molar-refractivity contribution in [2.45, 2.75) is 112 Å². The van der Waals surface area contributed by atoms with Gasteiger partial charge in [0.05, 0.1) is 23.8 Å². The highest BCUT2D eigenvalue weighted by molar-refractivity contribution is 5.89. The minimum Gasteiger partial charge on any atom is -0.465 e. The van der Waals surface area contributed by atoms with Gasteiger partial charge in [-0.25, -0.2) is 0 Å². The van der Waals surface area contributed by atoms with Crippen LogP contribution in [0.3, 0.4) is 0 Å². The topological polar surface area (TPSA) is 191 Å². The van der Waals surface area contributed by atoms with Gasteiger partial charge in [0.1, 0.15) is 6.61 Å². The molecule has 0 saturated heterocycles. The van der Waals surface area contributed by atoms with E-state index in [9.17, 15) is 19.2 Å². The van der Waals surface area contributed by atoms with Crippen molar-refractivity contribution in [3.05, 3.63) is 59.7 Å². The molecule has 4 atom stereocenters. The monoisotopic (exact) mass is 654 g/mol. The first-order valence-corrected chi connectivity index (χ1v) is 16.0. The number of carbonyl (C=O) groups is 4. The van der Waals surface area contributed by atoms with Crippen LogP contribution in [-0.2, 0) is 28.7 Å². The Kier molecular flexibility index (Phi) is 15.0. The third kappa shape index (κ3) is 13.2. The second-order valence-corrected chi connectivity index (χ2v) is 15.2. The van der Waals surface area contributed by atoms with Gasteiger partial charge in [-0.2, -0.15) is 0 Å². The van der Waals surface area contributed by atoms with Crippen LogP contribution >= 0.6 is 0 Å². The maximum absolute atomic E-state index is 12.2. The number of Topliss-reactive ketones (excluding diaryl/α,β-unsaturated/α-hetero) is 1. The number of nitrogens with two attached hydrogens (primary N) is 4. The van der Waals surface area contributed by atoms with E-state index in [1.54, 1.807) is 6.92 Å². The number of primary amides is 2. The molecular formula is C37H58N4O6. The number of hydrogen-bond donors (Lipinski definition) is 4. The van der Waals surface area contributed by atoms with E-state index in [1.807, 2.05) is 86.6 Å². The summed E-state index contributed by atoms with van der Waals surface area (Å²) in [6.07, 6.45) is -0.353. The van der Waals surface area contributed by atoms with Gasteiger partial charge in [0.25, 0.3) is 0 Å². The third-order valence-corrected chi connectivity index (χ3v) is 7.87. The molecule has 0 bridgehead atoms. The number of rotatable bonds is 9. The van der Waals surface area contributed by atoms with Crippen molar-refractivity contribution in [1.82, 2.24) is 0 Å². The molecule has 2 aromatic carbocycles. The lowest BCUT2D eigenvalue weighted by atomic mass is 9.76. The zero-order valence-electron chi connectivity index (χ0n) is 30.2. The molecule has 2 amide bonds. The highest BCUT2D eigenvalue weighted by Crippen LogP contribution is 2.44. The van der Waals surface area contributed by atoms with Gasteiger partial charge in [-0.3, -0.25) is 19.2 Å². The van der Waals surface area contributed by atoms with Crippen LogP contribution in [0.5, 0.6) is 0 Å². The Labute approximate surface area is 281 Å². The fourth-order valence-corrected chi connectivity index (χ4v) is 5.13. The van der Waals surface area contributed by atoms with Gasteiger partial charge in [-0.05, 0) is 60.8 Å². The highest BCUT2D eigenvalue weighted by Gasteiger charge is 2.35. The zero-order chi connectivity index (χ0) is 36.5. The molecule has 0 aliphatic heterocycles. The summed E-state index contributed by atoms with van der Waals surface area (Å²) in [6.45, 7) is 20.6. The third-order valence-electron chi connectivity index (χ3n) is 7.87. The summed E-state index contributed by atoms with van der Waals surface area (Å²) in [5.74, 6) is -1.69. The smallest absolute Gasteiger partial charge is 0.302 e. The molecule has 0 saturated carbocycles. The molecule has 262 valence electrons. The molecule has 0 aromatic heterocycles. The summed E-state index contributed by atoms with van der Waals surface area (Å²) < 4.78 is 10.9. The van der Waals surface area contributed by atoms with Crippen molar-refractivity contribution in [2.24, 2.45) is 39.7 Å². The Morgan fingerprint density at radius 2 is 1.19 bits per heavy atom. The lowest BCUT2D eigenvalue weighted by Crippen LogP contribution is -2.47. The second-order valence-electron chi connectivity index (χ2n) is 15.2. The number of amides is 2. The van der Waals surface area contributed by atoms with Gasteiger partial charge >= 0.3 is 5.97 Å². The van der Waals surface area contributed by atoms with E-state index in [-0.39, 0.29) is 40.5 Å². The van der Waals surface area contributed by atoms with Crippen molar-refractivity contribution in [3.8, 4) is 11.1 Å². The van der Waals surface area contributed by atoms with E-state index < -0.39 is 35.9 Å². The molecule has 0 spiro atoms. The van der Waals surface area contributed by atoms with Crippen LogP contribution < -0.4 is 22.9 Å². The van der Waals surface area contributed by atoms with E-state index in [2.05, 4.69) is 24.3 Å². The first-order valence-electron chi connectivity index (χ1n) is 16.0. The quantitative estimate of drug-likeness (QED) is 0.276. The van der Waals surface area contributed by atoms with E-state index >= 15 is 0 Å². The van der Waals surface area contributed by atoms with E-state index in [0.717, 1.165) is 0 Å². The lowest BCUT2D eigenvalue weighted by molar-refractivity contribution is -0.141. The zero-order valence-corrected chi connectivity index (χ0v) is 30.2. The Hall–Kier alpha value is -3.60. The van der Waals surface area contributed by atoms with Crippen LogP contribution in [0.15, 0.2) is 48.5 Å². The number of fused-ring (bicyclic) bond motifs is 3. The molecule has 0 fully saturated rings. The molecule has 0 heterocycles. The first-order chi connectivity index (χ1) is 21.4. The molecule has 47 heavy (non-hydrogen) atoms. The van der Waals surface area contributed by atoms with Crippen LogP contribution in [0, 0.1) is 16.7 Å². The summed E-state index contributed by atoms with van der Waals surface area (Å²) in [5.41, 5.74) is 25.8. The molecular weight excluding hydrogens is 596 g/mol. The summed E-state index contributed by atoms with van der Waals surface area (Å²) in [4.78, 5) is 45.2. The molecule has 1 aliphatic rings. The van der Waals surface area contributed by atoms with Crippen LogP contribution in [0.4, 0.5) is 0 Å². The van der Waals surface area contributed by atoms with E-state index in [1.165, 1.54) is 29.2 Å². The average molecular weight is 655 g/mol. The second kappa shape index (κ2) is 17.0. The fourth-order valence-electron chi connectivity index (χ4n) is 5.13. The Balaban J connectivity index is 0.000000377. The van der Waals surface area contributed by atoms with Crippen LogP contribution in [0.25, 0.3) is 11.1 Å². The molecule has 10 heteroatoms. The van der Waals surface area contributed by atoms with Crippen molar-refractivity contribution in [2.75, 3.05) is 6.61 Å². The number of hydrogen-bond acceptors (Lipinski definition) is 8. The van der Waals surface area contributed by atoms with Gasteiger partial charge < -0.3 is 32.4 Å². The summed E-state index contributed by atoms with van der Waals surface area (Å²) >= 11 is 0. The molecule has 3 rings (SSSR count). The predicted molar refractivity (Wildman–Crippen MR) is 187 cm³/mol. The lowest BCUT2D eigenvalue weighted by Gasteiger charge is -2.31. The van der Waals surface area contributed by atoms with E-state index in [4.69, 9.17) is 32.4 Å². The van der Waals surface area contributed by atoms with Gasteiger partial charge in [0, 0.05) is 25.2 Å². The number of ether oxygens (including phenoxy) is 2. The van der Waals surface area contributed by atoms with Gasteiger partial charge in [0.2, 0.25) is 11.8 Å². The Morgan fingerprint density at radius 3 is 1.51 bits per heavy atom. The molecule has 0 radical (unpaired) electrons. The molecule has 2 aromatic rings. The van der Waals surface area contributed by atoms with E-state index in [0.29, 0.717) is 6.61 Å². The average Bonchev–Trinajstić information content (AvgIpc) is 3.25. The van der Waals surface area contributed by atoms with Crippen molar-refractivity contribution < 1.29 is 28.7 Å². The minimum atomic E-state index is -0.751. The van der Waals surface area contributed by atoms with Crippen LogP contribution in [0.2, 0.25) is 0 Å². The predicted octanol–water partition coefficient (Wildman–Crippen LogP) is 4.83.